The highest BCUT2D eigenvalue weighted by Crippen LogP contribution is 2.34. The maximum Gasteiger partial charge on any atom is 0.336 e. The molecule has 4 heteroatoms. The monoisotopic (exact) mass is 375 g/mol. The van der Waals surface area contributed by atoms with Gasteiger partial charge in [0.1, 0.15) is 11.2 Å². The normalized spacial score (nSPS) is 11.7. The van der Waals surface area contributed by atoms with Crippen LogP contribution >= 0.6 is 0 Å². The van der Waals surface area contributed by atoms with Crippen molar-refractivity contribution in [3.05, 3.63) is 70.8 Å². The summed E-state index contributed by atoms with van der Waals surface area (Å²) in [6.07, 6.45) is 3.95. The molecule has 0 atom stereocenters. The summed E-state index contributed by atoms with van der Waals surface area (Å²) >= 11 is 0. The highest BCUT2D eigenvalue weighted by molar-refractivity contribution is 6.02. The maximum atomic E-state index is 12.1. The van der Waals surface area contributed by atoms with Crippen molar-refractivity contribution >= 4 is 21.9 Å². The third-order valence-electron chi connectivity index (χ3n) is 5.08. The fraction of sp³-hybridized carbons (Fsp3) is 0.292. The Morgan fingerprint density at radius 2 is 1.64 bits per heavy atom. The molecule has 28 heavy (non-hydrogen) atoms. The van der Waals surface area contributed by atoms with E-state index < -0.39 is 0 Å². The van der Waals surface area contributed by atoms with Gasteiger partial charge in [-0.15, -0.1) is 0 Å². The number of benzene rings is 2. The zero-order valence-corrected chi connectivity index (χ0v) is 16.4. The minimum Gasteiger partial charge on any atom is -0.464 e. The molecule has 2 aromatic heterocycles. The Balaban J connectivity index is 1.86. The van der Waals surface area contributed by atoms with Gasteiger partial charge in [-0.25, -0.2) is 4.79 Å². The van der Waals surface area contributed by atoms with E-state index in [4.69, 9.17) is 8.83 Å². The van der Waals surface area contributed by atoms with Gasteiger partial charge in [0.2, 0.25) is 0 Å². The van der Waals surface area contributed by atoms with Crippen molar-refractivity contribution < 1.29 is 8.83 Å². The van der Waals surface area contributed by atoms with E-state index in [9.17, 15) is 4.79 Å². The van der Waals surface area contributed by atoms with Crippen molar-refractivity contribution in [1.29, 1.82) is 0 Å². The standard InChI is InChI=1S/C24H25NO3/c1-3-10-25(11-4-2)15-18-12-24(26)28-23-14-22-20(13-19(18)23)21(16-27-22)17-8-6-5-7-9-17/h5-9,12-14,16H,3-4,10-11,15H2,1-2H3. The molecule has 0 fully saturated rings. The Kier molecular flexibility index (Phi) is 5.31. The van der Waals surface area contributed by atoms with Crippen LogP contribution in [0.3, 0.4) is 0 Å². The van der Waals surface area contributed by atoms with E-state index in [1.807, 2.05) is 24.3 Å². The fourth-order valence-corrected chi connectivity index (χ4v) is 3.86. The maximum absolute atomic E-state index is 12.1. The van der Waals surface area contributed by atoms with Crippen LogP contribution in [0.1, 0.15) is 32.3 Å². The summed E-state index contributed by atoms with van der Waals surface area (Å²) in [6, 6.07) is 15.8. The van der Waals surface area contributed by atoms with E-state index in [1.165, 1.54) is 0 Å². The lowest BCUT2D eigenvalue weighted by molar-refractivity contribution is 0.267. The number of rotatable bonds is 7. The Morgan fingerprint density at radius 1 is 0.893 bits per heavy atom. The van der Waals surface area contributed by atoms with Crippen molar-refractivity contribution in [3.8, 4) is 11.1 Å². The summed E-state index contributed by atoms with van der Waals surface area (Å²) < 4.78 is 11.3. The molecule has 144 valence electrons. The van der Waals surface area contributed by atoms with Gasteiger partial charge in [0, 0.05) is 35.0 Å². The van der Waals surface area contributed by atoms with Gasteiger partial charge in [-0.3, -0.25) is 4.90 Å². The molecule has 0 saturated heterocycles. The van der Waals surface area contributed by atoms with Crippen LogP contribution in [-0.4, -0.2) is 18.0 Å². The molecule has 4 rings (SSSR count). The number of furan rings is 1. The van der Waals surface area contributed by atoms with Crippen molar-refractivity contribution in [1.82, 2.24) is 4.90 Å². The average molecular weight is 375 g/mol. The smallest absolute Gasteiger partial charge is 0.336 e. The van der Waals surface area contributed by atoms with Crippen LogP contribution < -0.4 is 5.63 Å². The Morgan fingerprint density at radius 3 is 2.36 bits per heavy atom. The van der Waals surface area contributed by atoms with E-state index in [0.717, 1.165) is 65.5 Å². The quantitative estimate of drug-likeness (QED) is 0.381. The molecule has 0 radical (unpaired) electrons. The molecule has 0 amide bonds. The topological polar surface area (TPSA) is 46.6 Å². The highest BCUT2D eigenvalue weighted by atomic mass is 16.4. The third kappa shape index (κ3) is 3.60. The molecule has 2 heterocycles. The van der Waals surface area contributed by atoms with Gasteiger partial charge in [0.15, 0.2) is 0 Å². The van der Waals surface area contributed by atoms with Crippen LogP contribution in [0.5, 0.6) is 0 Å². The molecule has 4 aromatic rings. The molecule has 0 unspecified atom stereocenters. The molecule has 0 aliphatic carbocycles. The van der Waals surface area contributed by atoms with Crippen LogP contribution in [0.4, 0.5) is 0 Å². The predicted octanol–water partition coefficient (Wildman–Crippen LogP) is 5.83. The number of nitrogens with zero attached hydrogens (tertiary/aromatic N) is 1. The van der Waals surface area contributed by atoms with Gasteiger partial charge in [-0.2, -0.15) is 0 Å². The lowest BCUT2D eigenvalue weighted by atomic mass is 10.0. The first-order valence-electron chi connectivity index (χ1n) is 9.95. The highest BCUT2D eigenvalue weighted by Gasteiger charge is 2.15. The van der Waals surface area contributed by atoms with E-state index >= 15 is 0 Å². The van der Waals surface area contributed by atoms with Crippen molar-refractivity contribution in [3.63, 3.8) is 0 Å². The van der Waals surface area contributed by atoms with E-state index in [1.54, 1.807) is 12.3 Å². The minimum atomic E-state index is -0.315. The molecule has 0 bridgehead atoms. The molecule has 2 aromatic carbocycles. The largest absolute Gasteiger partial charge is 0.464 e. The SMILES string of the molecule is CCCN(CCC)Cc1cc(=O)oc2cc3occ(-c4ccccc4)c3cc12. The third-order valence-corrected chi connectivity index (χ3v) is 5.08. The lowest BCUT2D eigenvalue weighted by Gasteiger charge is -2.21. The molecule has 4 nitrogen and oxygen atoms in total. The van der Waals surface area contributed by atoms with Gasteiger partial charge in [0.25, 0.3) is 0 Å². The Bertz CT molecular complexity index is 1140. The predicted molar refractivity (Wildman–Crippen MR) is 114 cm³/mol. The Labute approximate surface area is 164 Å². The molecular weight excluding hydrogens is 350 g/mol. The second-order valence-corrected chi connectivity index (χ2v) is 7.23. The molecule has 0 aliphatic heterocycles. The van der Waals surface area contributed by atoms with Gasteiger partial charge < -0.3 is 8.83 Å². The van der Waals surface area contributed by atoms with Crippen LogP contribution in [-0.2, 0) is 6.54 Å². The summed E-state index contributed by atoms with van der Waals surface area (Å²) in [5.41, 5.74) is 4.16. The first-order valence-corrected chi connectivity index (χ1v) is 9.95. The second kappa shape index (κ2) is 8.03. The Hall–Kier alpha value is -2.85. The van der Waals surface area contributed by atoms with Crippen molar-refractivity contribution in [2.45, 2.75) is 33.2 Å². The zero-order valence-electron chi connectivity index (χ0n) is 16.4. The molecular formula is C24H25NO3. The molecule has 0 N–H and O–H groups in total. The summed E-state index contributed by atoms with van der Waals surface area (Å²) in [5.74, 6) is 0. The van der Waals surface area contributed by atoms with Crippen molar-refractivity contribution in [2.24, 2.45) is 0 Å². The summed E-state index contributed by atoms with van der Waals surface area (Å²) in [6.45, 7) is 7.13. The summed E-state index contributed by atoms with van der Waals surface area (Å²) in [5, 5.41) is 2.01. The first-order chi connectivity index (χ1) is 13.7. The summed E-state index contributed by atoms with van der Waals surface area (Å²) in [4.78, 5) is 14.5. The number of hydrogen-bond donors (Lipinski definition) is 0. The second-order valence-electron chi connectivity index (χ2n) is 7.23. The fourth-order valence-electron chi connectivity index (χ4n) is 3.86. The molecule has 0 spiro atoms. The van der Waals surface area contributed by atoms with Gasteiger partial charge in [-0.05, 0) is 43.1 Å². The van der Waals surface area contributed by atoms with E-state index in [-0.39, 0.29) is 5.63 Å². The molecule has 0 aliphatic rings. The number of fused-ring (bicyclic) bond motifs is 2. The molecule has 0 saturated carbocycles. The van der Waals surface area contributed by atoms with Gasteiger partial charge in [0.05, 0.1) is 6.26 Å². The zero-order chi connectivity index (χ0) is 19.5. The van der Waals surface area contributed by atoms with Crippen molar-refractivity contribution in [2.75, 3.05) is 13.1 Å². The van der Waals surface area contributed by atoms with E-state index in [2.05, 4.69) is 36.9 Å². The van der Waals surface area contributed by atoms with Crippen LogP contribution in [0, 0.1) is 0 Å². The summed E-state index contributed by atoms with van der Waals surface area (Å²) in [7, 11) is 0. The first kappa shape index (κ1) is 18.5. The number of hydrogen-bond acceptors (Lipinski definition) is 4. The van der Waals surface area contributed by atoms with Crippen LogP contribution in [0.25, 0.3) is 33.1 Å². The van der Waals surface area contributed by atoms with Gasteiger partial charge in [-0.1, -0.05) is 44.2 Å². The lowest BCUT2D eigenvalue weighted by Crippen LogP contribution is -2.25. The van der Waals surface area contributed by atoms with Gasteiger partial charge >= 0.3 is 5.63 Å². The van der Waals surface area contributed by atoms with Crippen LogP contribution in [0.2, 0.25) is 0 Å². The van der Waals surface area contributed by atoms with Crippen LogP contribution in [0.15, 0.2) is 68.4 Å². The average Bonchev–Trinajstić information content (AvgIpc) is 3.10. The van der Waals surface area contributed by atoms with E-state index in [0.29, 0.717) is 5.58 Å². The minimum absolute atomic E-state index is 0.315.